The SMILES string of the molecule is CCOC(=O)CN1CCN(C(=O)[C@@H](C)N)[C@@H](Cc2ccccc2)C1=O. The molecule has 2 N–H and O–H groups in total. The van der Waals surface area contributed by atoms with Crippen molar-refractivity contribution in [1.29, 1.82) is 0 Å². The van der Waals surface area contributed by atoms with Crippen molar-refractivity contribution in [3.8, 4) is 0 Å². The summed E-state index contributed by atoms with van der Waals surface area (Å²) in [5, 5.41) is 0. The molecule has 1 aromatic rings. The predicted molar refractivity (Wildman–Crippen MR) is 92.5 cm³/mol. The Labute approximate surface area is 147 Å². The van der Waals surface area contributed by atoms with E-state index < -0.39 is 18.1 Å². The number of carbonyl (C=O) groups is 3. The number of esters is 1. The minimum Gasteiger partial charge on any atom is -0.465 e. The molecular formula is C18H25N3O4. The Balaban J connectivity index is 2.19. The summed E-state index contributed by atoms with van der Waals surface area (Å²) >= 11 is 0. The first-order chi connectivity index (χ1) is 11.9. The Morgan fingerprint density at radius 1 is 1.28 bits per heavy atom. The van der Waals surface area contributed by atoms with Crippen LogP contribution in [-0.2, 0) is 25.5 Å². The smallest absolute Gasteiger partial charge is 0.325 e. The summed E-state index contributed by atoms with van der Waals surface area (Å²) in [5.41, 5.74) is 6.68. The number of piperazine rings is 1. The Morgan fingerprint density at radius 2 is 1.96 bits per heavy atom. The molecule has 1 heterocycles. The quantitative estimate of drug-likeness (QED) is 0.741. The summed E-state index contributed by atoms with van der Waals surface area (Å²) in [6, 6.07) is 8.14. The number of hydrogen-bond acceptors (Lipinski definition) is 5. The normalized spacial score (nSPS) is 18.8. The molecule has 0 spiro atoms. The van der Waals surface area contributed by atoms with Crippen LogP contribution in [0.2, 0.25) is 0 Å². The van der Waals surface area contributed by atoms with Gasteiger partial charge in [-0.3, -0.25) is 14.4 Å². The molecule has 0 saturated carbocycles. The number of carbonyl (C=O) groups excluding carboxylic acids is 3. The number of benzene rings is 1. The molecule has 2 atom stereocenters. The fourth-order valence-electron chi connectivity index (χ4n) is 2.92. The Bertz CT molecular complexity index is 618. The van der Waals surface area contributed by atoms with Gasteiger partial charge in [0.05, 0.1) is 12.6 Å². The highest BCUT2D eigenvalue weighted by Gasteiger charge is 2.38. The van der Waals surface area contributed by atoms with Crippen molar-refractivity contribution < 1.29 is 19.1 Å². The molecule has 1 fully saturated rings. The van der Waals surface area contributed by atoms with Gasteiger partial charge in [-0.1, -0.05) is 30.3 Å². The third kappa shape index (κ3) is 4.79. The minimum absolute atomic E-state index is 0.0990. The van der Waals surface area contributed by atoms with Gasteiger partial charge in [-0.05, 0) is 19.4 Å². The van der Waals surface area contributed by atoms with E-state index in [1.54, 1.807) is 13.8 Å². The van der Waals surface area contributed by atoms with Gasteiger partial charge < -0.3 is 20.3 Å². The number of hydrogen-bond donors (Lipinski definition) is 1. The van der Waals surface area contributed by atoms with E-state index in [0.717, 1.165) is 5.56 Å². The van der Waals surface area contributed by atoms with E-state index in [1.807, 2.05) is 30.3 Å². The lowest BCUT2D eigenvalue weighted by molar-refractivity contribution is -0.157. The molecule has 1 saturated heterocycles. The van der Waals surface area contributed by atoms with Gasteiger partial charge in [-0.2, -0.15) is 0 Å². The van der Waals surface area contributed by atoms with Gasteiger partial charge in [0, 0.05) is 19.5 Å². The van der Waals surface area contributed by atoms with Crippen molar-refractivity contribution in [2.45, 2.75) is 32.4 Å². The van der Waals surface area contributed by atoms with E-state index in [4.69, 9.17) is 10.5 Å². The summed E-state index contributed by atoms with van der Waals surface area (Å²) in [6.07, 6.45) is 0.386. The molecule has 0 radical (unpaired) electrons. The molecule has 25 heavy (non-hydrogen) atoms. The first-order valence-electron chi connectivity index (χ1n) is 8.48. The average Bonchev–Trinajstić information content (AvgIpc) is 2.59. The summed E-state index contributed by atoms with van der Waals surface area (Å²) in [7, 11) is 0. The van der Waals surface area contributed by atoms with E-state index in [0.29, 0.717) is 19.5 Å². The highest BCUT2D eigenvalue weighted by Crippen LogP contribution is 2.17. The second-order valence-electron chi connectivity index (χ2n) is 6.09. The van der Waals surface area contributed by atoms with Crippen molar-refractivity contribution in [2.75, 3.05) is 26.2 Å². The van der Waals surface area contributed by atoms with Crippen molar-refractivity contribution in [3.05, 3.63) is 35.9 Å². The largest absolute Gasteiger partial charge is 0.465 e. The van der Waals surface area contributed by atoms with Crippen LogP contribution in [0, 0.1) is 0 Å². The number of amides is 2. The molecule has 0 unspecified atom stereocenters. The summed E-state index contributed by atoms with van der Waals surface area (Å²) < 4.78 is 4.93. The first-order valence-corrected chi connectivity index (χ1v) is 8.48. The standard InChI is InChI=1S/C18H25N3O4/c1-3-25-16(22)12-20-9-10-21(17(23)13(2)19)15(18(20)24)11-14-7-5-4-6-8-14/h4-8,13,15H,3,9-12,19H2,1-2H3/t13-,15+/m1/s1. The van der Waals surface area contributed by atoms with Crippen LogP contribution in [0.4, 0.5) is 0 Å². The monoisotopic (exact) mass is 347 g/mol. The first kappa shape index (κ1) is 18.9. The molecule has 0 bridgehead atoms. The average molecular weight is 347 g/mol. The number of nitrogens with zero attached hydrogens (tertiary/aromatic N) is 2. The molecule has 1 aliphatic heterocycles. The van der Waals surface area contributed by atoms with Crippen LogP contribution in [-0.4, -0.2) is 65.9 Å². The maximum atomic E-state index is 12.9. The summed E-state index contributed by atoms with van der Waals surface area (Å²) in [6.45, 7) is 4.14. The Hall–Kier alpha value is -2.41. The molecule has 1 aliphatic rings. The lowest BCUT2D eigenvalue weighted by Crippen LogP contribution is -2.62. The molecule has 136 valence electrons. The number of nitrogens with two attached hydrogens (primary N) is 1. The topological polar surface area (TPSA) is 92.9 Å². The van der Waals surface area contributed by atoms with Crippen molar-refractivity contribution in [1.82, 2.24) is 9.80 Å². The minimum atomic E-state index is -0.678. The van der Waals surface area contributed by atoms with Crippen LogP contribution in [0.15, 0.2) is 30.3 Å². The number of ether oxygens (including phenoxy) is 1. The molecule has 1 aromatic carbocycles. The Kier molecular flexibility index (Phi) is 6.52. The third-order valence-corrected chi connectivity index (χ3v) is 4.15. The Morgan fingerprint density at radius 3 is 2.56 bits per heavy atom. The number of rotatable bonds is 6. The van der Waals surface area contributed by atoms with Gasteiger partial charge in [0.1, 0.15) is 12.6 Å². The van der Waals surface area contributed by atoms with Crippen LogP contribution in [0.5, 0.6) is 0 Å². The van der Waals surface area contributed by atoms with Crippen LogP contribution in [0.25, 0.3) is 0 Å². The molecule has 7 heteroatoms. The van der Waals surface area contributed by atoms with Crippen molar-refractivity contribution in [2.24, 2.45) is 5.73 Å². The van der Waals surface area contributed by atoms with E-state index in [9.17, 15) is 14.4 Å². The zero-order chi connectivity index (χ0) is 18.4. The van der Waals surface area contributed by atoms with Crippen LogP contribution in [0.1, 0.15) is 19.4 Å². The molecular weight excluding hydrogens is 322 g/mol. The highest BCUT2D eigenvalue weighted by atomic mass is 16.5. The van der Waals surface area contributed by atoms with Crippen LogP contribution in [0.3, 0.4) is 0 Å². The second-order valence-corrected chi connectivity index (χ2v) is 6.09. The van der Waals surface area contributed by atoms with Gasteiger partial charge in [0.15, 0.2) is 0 Å². The van der Waals surface area contributed by atoms with Gasteiger partial charge in [-0.15, -0.1) is 0 Å². The molecule has 2 rings (SSSR count). The van der Waals surface area contributed by atoms with Crippen LogP contribution >= 0.6 is 0 Å². The maximum absolute atomic E-state index is 12.9. The fourth-order valence-corrected chi connectivity index (χ4v) is 2.92. The molecule has 0 aliphatic carbocycles. The lowest BCUT2D eigenvalue weighted by Gasteiger charge is -2.41. The van der Waals surface area contributed by atoms with Gasteiger partial charge in [-0.25, -0.2) is 0 Å². The fraction of sp³-hybridized carbons (Fsp3) is 0.500. The van der Waals surface area contributed by atoms with E-state index in [1.165, 1.54) is 9.80 Å². The lowest BCUT2D eigenvalue weighted by atomic mass is 10.0. The zero-order valence-electron chi connectivity index (χ0n) is 14.7. The summed E-state index contributed by atoms with van der Waals surface area (Å²) in [5.74, 6) is -0.955. The van der Waals surface area contributed by atoms with Gasteiger partial charge in [0.2, 0.25) is 11.8 Å². The molecule has 2 amide bonds. The summed E-state index contributed by atoms with van der Waals surface area (Å²) in [4.78, 5) is 40.0. The molecule has 7 nitrogen and oxygen atoms in total. The van der Waals surface area contributed by atoms with Crippen molar-refractivity contribution >= 4 is 17.8 Å². The van der Waals surface area contributed by atoms with E-state index >= 15 is 0 Å². The van der Waals surface area contributed by atoms with Crippen molar-refractivity contribution in [3.63, 3.8) is 0 Å². The van der Waals surface area contributed by atoms with Gasteiger partial charge >= 0.3 is 5.97 Å². The van der Waals surface area contributed by atoms with E-state index in [-0.39, 0.29) is 25.0 Å². The third-order valence-electron chi connectivity index (χ3n) is 4.15. The molecule has 0 aromatic heterocycles. The van der Waals surface area contributed by atoms with Gasteiger partial charge in [0.25, 0.3) is 0 Å². The zero-order valence-corrected chi connectivity index (χ0v) is 14.7. The second kappa shape index (κ2) is 8.62. The van der Waals surface area contributed by atoms with E-state index in [2.05, 4.69) is 0 Å². The van der Waals surface area contributed by atoms with Crippen LogP contribution < -0.4 is 5.73 Å². The maximum Gasteiger partial charge on any atom is 0.325 e. The predicted octanol–water partition coefficient (Wildman–Crippen LogP) is 0.179. The highest BCUT2D eigenvalue weighted by molar-refractivity contribution is 5.92.